The van der Waals surface area contributed by atoms with E-state index in [1.807, 2.05) is 0 Å². The first kappa shape index (κ1) is 10.4. The molecule has 4 heteroatoms. The van der Waals surface area contributed by atoms with E-state index in [2.05, 4.69) is 28.7 Å². The first-order valence-electron chi connectivity index (χ1n) is 5.42. The molecule has 0 amide bonds. The van der Waals surface area contributed by atoms with Crippen molar-refractivity contribution in [3.05, 3.63) is 18.6 Å². The Hall–Kier alpha value is -1.16. The van der Waals surface area contributed by atoms with Crippen LogP contribution < -0.4 is 4.74 Å². The van der Waals surface area contributed by atoms with E-state index in [1.54, 1.807) is 18.6 Å². The van der Waals surface area contributed by atoms with Crippen molar-refractivity contribution in [3.8, 4) is 5.88 Å². The molecule has 4 nitrogen and oxygen atoms in total. The third kappa shape index (κ3) is 2.65. The summed E-state index contributed by atoms with van der Waals surface area (Å²) < 4.78 is 5.74. The van der Waals surface area contributed by atoms with Gasteiger partial charge in [0.2, 0.25) is 5.88 Å². The summed E-state index contributed by atoms with van der Waals surface area (Å²) in [6.07, 6.45) is 6.32. The third-order valence-corrected chi connectivity index (χ3v) is 2.73. The molecule has 15 heavy (non-hydrogen) atoms. The maximum absolute atomic E-state index is 5.74. The molecule has 1 aliphatic heterocycles. The topological polar surface area (TPSA) is 38.2 Å². The van der Waals surface area contributed by atoms with E-state index in [0.29, 0.717) is 11.9 Å². The third-order valence-electron chi connectivity index (χ3n) is 2.73. The van der Waals surface area contributed by atoms with Gasteiger partial charge in [-0.05, 0) is 20.3 Å². The zero-order chi connectivity index (χ0) is 10.7. The highest BCUT2D eigenvalue weighted by Gasteiger charge is 2.25. The molecule has 0 aliphatic carbocycles. The van der Waals surface area contributed by atoms with Crippen molar-refractivity contribution >= 4 is 0 Å². The molecule has 0 aromatic carbocycles. The zero-order valence-electron chi connectivity index (χ0n) is 9.26. The quantitative estimate of drug-likeness (QED) is 0.749. The van der Waals surface area contributed by atoms with Crippen LogP contribution in [0.1, 0.15) is 20.3 Å². The van der Waals surface area contributed by atoms with Crippen LogP contribution in [0.25, 0.3) is 0 Å². The van der Waals surface area contributed by atoms with Crippen LogP contribution in [0.4, 0.5) is 0 Å². The largest absolute Gasteiger partial charge is 0.472 e. The van der Waals surface area contributed by atoms with Gasteiger partial charge in [-0.3, -0.25) is 9.88 Å². The Morgan fingerprint density at radius 1 is 1.47 bits per heavy atom. The van der Waals surface area contributed by atoms with Crippen molar-refractivity contribution in [2.75, 3.05) is 13.1 Å². The van der Waals surface area contributed by atoms with Crippen molar-refractivity contribution in [1.82, 2.24) is 14.9 Å². The van der Waals surface area contributed by atoms with Gasteiger partial charge in [0.05, 0.1) is 6.20 Å². The van der Waals surface area contributed by atoms with Gasteiger partial charge in [0.15, 0.2) is 0 Å². The molecule has 1 aliphatic rings. The fraction of sp³-hybridized carbons (Fsp3) is 0.636. The number of likely N-dealkylation sites (tertiary alicyclic amines) is 1. The highest BCUT2D eigenvalue weighted by molar-refractivity contribution is 5.02. The van der Waals surface area contributed by atoms with Gasteiger partial charge >= 0.3 is 0 Å². The highest BCUT2D eigenvalue weighted by Crippen LogP contribution is 2.17. The maximum Gasteiger partial charge on any atom is 0.232 e. The predicted octanol–water partition coefficient (Wildman–Crippen LogP) is 1.34. The summed E-state index contributed by atoms with van der Waals surface area (Å²) in [5, 5.41) is 0. The maximum atomic E-state index is 5.74. The van der Waals surface area contributed by atoms with Crippen molar-refractivity contribution < 1.29 is 4.74 Å². The van der Waals surface area contributed by atoms with Crippen LogP contribution >= 0.6 is 0 Å². The van der Waals surface area contributed by atoms with E-state index in [0.717, 1.165) is 19.5 Å². The van der Waals surface area contributed by atoms with Crippen LogP contribution in [0.3, 0.4) is 0 Å². The van der Waals surface area contributed by atoms with E-state index in [9.17, 15) is 0 Å². The molecule has 0 N–H and O–H groups in total. The van der Waals surface area contributed by atoms with Crippen LogP contribution in [0, 0.1) is 0 Å². The van der Waals surface area contributed by atoms with E-state index >= 15 is 0 Å². The van der Waals surface area contributed by atoms with Crippen molar-refractivity contribution in [3.63, 3.8) is 0 Å². The molecule has 0 saturated carbocycles. The molecule has 1 aromatic heterocycles. The highest BCUT2D eigenvalue weighted by atomic mass is 16.5. The first-order valence-corrected chi connectivity index (χ1v) is 5.42. The predicted molar refractivity (Wildman–Crippen MR) is 57.8 cm³/mol. The molecular formula is C11H17N3O. The van der Waals surface area contributed by atoms with Crippen molar-refractivity contribution in [2.24, 2.45) is 0 Å². The Labute approximate surface area is 90.3 Å². The van der Waals surface area contributed by atoms with Crippen LogP contribution in [0.15, 0.2) is 18.6 Å². The summed E-state index contributed by atoms with van der Waals surface area (Å²) in [5.41, 5.74) is 0. The monoisotopic (exact) mass is 207 g/mol. The van der Waals surface area contributed by atoms with Gasteiger partial charge in [-0.1, -0.05) is 0 Å². The molecule has 0 radical (unpaired) electrons. The fourth-order valence-electron chi connectivity index (χ4n) is 1.84. The van der Waals surface area contributed by atoms with Gasteiger partial charge in [0.25, 0.3) is 0 Å². The van der Waals surface area contributed by atoms with Gasteiger partial charge in [0, 0.05) is 31.5 Å². The van der Waals surface area contributed by atoms with Gasteiger partial charge < -0.3 is 4.74 Å². The van der Waals surface area contributed by atoms with Crippen LogP contribution in [-0.4, -0.2) is 40.1 Å². The van der Waals surface area contributed by atoms with Crippen LogP contribution in [-0.2, 0) is 0 Å². The van der Waals surface area contributed by atoms with E-state index in [-0.39, 0.29) is 6.10 Å². The minimum absolute atomic E-state index is 0.268. The number of nitrogens with zero attached hydrogens (tertiary/aromatic N) is 3. The SMILES string of the molecule is CC(C)N1CCC(Oc2cnccn2)C1. The molecule has 1 atom stereocenters. The summed E-state index contributed by atoms with van der Waals surface area (Å²) in [5.74, 6) is 0.633. The summed E-state index contributed by atoms with van der Waals surface area (Å²) in [6, 6.07) is 0.598. The smallest absolute Gasteiger partial charge is 0.232 e. The summed E-state index contributed by atoms with van der Waals surface area (Å²) in [7, 11) is 0. The number of hydrogen-bond acceptors (Lipinski definition) is 4. The van der Waals surface area contributed by atoms with Crippen molar-refractivity contribution in [2.45, 2.75) is 32.4 Å². The fourth-order valence-corrected chi connectivity index (χ4v) is 1.84. The van der Waals surface area contributed by atoms with Crippen molar-refractivity contribution in [1.29, 1.82) is 0 Å². The van der Waals surface area contributed by atoms with Gasteiger partial charge in [-0.15, -0.1) is 0 Å². The molecular weight excluding hydrogens is 190 g/mol. The lowest BCUT2D eigenvalue weighted by molar-refractivity contribution is 0.180. The second kappa shape index (κ2) is 4.57. The lowest BCUT2D eigenvalue weighted by atomic mass is 10.3. The lowest BCUT2D eigenvalue weighted by Crippen LogP contribution is -2.30. The Morgan fingerprint density at radius 3 is 2.93 bits per heavy atom. The Morgan fingerprint density at radius 2 is 2.33 bits per heavy atom. The Kier molecular flexibility index (Phi) is 3.16. The molecule has 1 fully saturated rings. The minimum atomic E-state index is 0.268. The Bertz CT molecular complexity index is 302. The van der Waals surface area contributed by atoms with Crippen LogP contribution in [0.2, 0.25) is 0 Å². The second-order valence-electron chi connectivity index (χ2n) is 4.16. The van der Waals surface area contributed by atoms with Gasteiger partial charge in [-0.25, -0.2) is 4.98 Å². The average Bonchev–Trinajstić information content (AvgIpc) is 2.68. The minimum Gasteiger partial charge on any atom is -0.472 e. The van der Waals surface area contributed by atoms with E-state index < -0.39 is 0 Å². The molecule has 1 unspecified atom stereocenters. The van der Waals surface area contributed by atoms with Gasteiger partial charge in [0.1, 0.15) is 6.10 Å². The molecule has 2 heterocycles. The second-order valence-corrected chi connectivity index (χ2v) is 4.16. The summed E-state index contributed by atoms with van der Waals surface area (Å²) in [4.78, 5) is 10.5. The molecule has 0 spiro atoms. The number of hydrogen-bond donors (Lipinski definition) is 0. The standard InChI is InChI=1S/C11H17N3O/c1-9(2)14-6-3-10(8-14)15-11-7-12-4-5-13-11/h4-5,7,9-10H,3,6,8H2,1-2H3. The lowest BCUT2D eigenvalue weighted by Gasteiger charge is -2.20. The van der Waals surface area contributed by atoms with E-state index in [1.165, 1.54) is 0 Å². The summed E-state index contributed by atoms with van der Waals surface area (Å²) in [6.45, 7) is 6.53. The van der Waals surface area contributed by atoms with Gasteiger partial charge in [-0.2, -0.15) is 0 Å². The molecule has 82 valence electrons. The average molecular weight is 207 g/mol. The molecule has 1 aromatic rings. The summed E-state index contributed by atoms with van der Waals surface area (Å²) >= 11 is 0. The number of rotatable bonds is 3. The van der Waals surface area contributed by atoms with Crippen LogP contribution in [0.5, 0.6) is 5.88 Å². The zero-order valence-corrected chi connectivity index (χ0v) is 9.26. The molecule has 1 saturated heterocycles. The molecule has 0 bridgehead atoms. The first-order chi connectivity index (χ1) is 7.25. The van der Waals surface area contributed by atoms with E-state index in [4.69, 9.17) is 4.74 Å². The number of ether oxygens (including phenoxy) is 1. The Balaban J connectivity index is 1.88. The number of aromatic nitrogens is 2. The molecule has 2 rings (SSSR count). The normalized spacial score (nSPS) is 22.2.